The van der Waals surface area contributed by atoms with Gasteiger partial charge in [-0.05, 0) is 19.1 Å². The Morgan fingerprint density at radius 2 is 2.36 bits per heavy atom. The molecule has 1 amide bonds. The second-order valence-corrected chi connectivity index (χ2v) is 2.65. The van der Waals surface area contributed by atoms with Crippen molar-refractivity contribution in [1.82, 2.24) is 0 Å². The number of nitrogens with zero attached hydrogens (tertiary/aromatic N) is 1. The van der Waals surface area contributed by atoms with E-state index < -0.39 is 11.7 Å². The minimum Gasteiger partial charge on any atom is -0.411 e. The Hall–Kier alpha value is -1.91. The molecular weight excluding hydrogens is 187 g/mol. The number of rotatable bonds is 2. The predicted molar refractivity (Wildman–Crippen MR) is 50.0 cm³/mol. The summed E-state index contributed by atoms with van der Waals surface area (Å²) in [5.41, 5.74) is 0.696. The van der Waals surface area contributed by atoms with E-state index in [1.807, 2.05) is 0 Å². The van der Waals surface area contributed by atoms with E-state index in [4.69, 9.17) is 5.21 Å². The summed E-state index contributed by atoms with van der Waals surface area (Å²) in [6.45, 7) is 1.54. The SMILES string of the molecule is Cc1c(F)cccc1NC(=O)/C=N\O. The van der Waals surface area contributed by atoms with Gasteiger partial charge < -0.3 is 10.5 Å². The van der Waals surface area contributed by atoms with Gasteiger partial charge in [-0.25, -0.2) is 4.39 Å². The van der Waals surface area contributed by atoms with Crippen molar-refractivity contribution < 1.29 is 14.4 Å². The van der Waals surface area contributed by atoms with Crippen LogP contribution in [0.1, 0.15) is 5.56 Å². The van der Waals surface area contributed by atoms with Crippen molar-refractivity contribution in [2.45, 2.75) is 6.92 Å². The van der Waals surface area contributed by atoms with Gasteiger partial charge in [-0.2, -0.15) is 0 Å². The number of oxime groups is 1. The first kappa shape index (κ1) is 10.2. The molecule has 1 aromatic carbocycles. The van der Waals surface area contributed by atoms with Gasteiger partial charge in [0.1, 0.15) is 12.0 Å². The number of carbonyl (C=O) groups excluding carboxylic acids is 1. The van der Waals surface area contributed by atoms with Crippen LogP contribution in [0.15, 0.2) is 23.4 Å². The van der Waals surface area contributed by atoms with Gasteiger partial charge in [0.25, 0.3) is 5.91 Å². The number of nitrogens with one attached hydrogen (secondary N) is 1. The van der Waals surface area contributed by atoms with Gasteiger partial charge in [0, 0.05) is 11.3 Å². The van der Waals surface area contributed by atoms with Gasteiger partial charge in [0.05, 0.1) is 0 Å². The van der Waals surface area contributed by atoms with Crippen molar-refractivity contribution in [2.24, 2.45) is 5.16 Å². The van der Waals surface area contributed by atoms with E-state index in [0.29, 0.717) is 17.5 Å². The molecule has 2 N–H and O–H groups in total. The lowest BCUT2D eigenvalue weighted by Gasteiger charge is -2.05. The molecule has 0 atom stereocenters. The average molecular weight is 196 g/mol. The van der Waals surface area contributed by atoms with Crippen molar-refractivity contribution in [3.05, 3.63) is 29.6 Å². The van der Waals surface area contributed by atoms with Crippen molar-refractivity contribution in [3.8, 4) is 0 Å². The lowest BCUT2D eigenvalue weighted by Crippen LogP contribution is -2.13. The molecule has 5 heteroatoms. The molecule has 1 aromatic rings. The minimum absolute atomic E-state index is 0.340. The Labute approximate surface area is 80.0 Å². The number of anilines is 1. The molecule has 0 aliphatic rings. The lowest BCUT2D eigenvalue weighted by atomic mass is 10.2. The van der Waals surface area contributed by atoms with E-state index in [9.17, 15) is 9.18 Å². The monoisotopic (exact) mass is 196 g/mol. The third-order valence-corrected chi connectivity index (χ3v) is 1.70. The van der Waals surface area contributed by atoms with Gasteiger partial charge in [0.15, 0.2) is 0 Å². The number of halogens is 1. The van der Waals surface area contributed by atoms with Crippen LogP contribution in [0.4, 0.5) is 10.1 Å². The summed E-state index contributed by atoms with van der Waals surface area (Å²) in [6, 6.07) is 4.33. The van der Waals surface area contributed by atoms with Gasteiger partial charge >= 0.3 is 0 Å². The Kier molecular flexibility index (Phi) is 3.17. The van der Waals surface area contributed by atoms with Crippen LogP contribution in [-0.4, -0.2) is 17.3 Å². The van der Waals surface area contributed by atoms with Crippen LogP contribution < -0.4 is 5.32 Å². The highest BCUT2D eigenvalue weighted by Gasteiger charge is 2.05. The van der Waals surface area contributed by atoms with E-state index in [1.165, 1.54) is 12.1 Å². The summed E-state index contributed by atoms with van der Waals surface area (Å²) in [5.74, 6) is -1.01. The maximum absolute atomic E-state index is 13.0. The zero-order valence-corrected chi connectivity index (χ0v) is 7.49. The molecule has 0 heterocycles. The summed E-state index contributed by atoms with van der Waals surface area (Å²) in [7, 11) is 0. The van der Waals surface area contributed by atoms with Gasteiger partial charge in [-0.1, -0.05) is 11.2 Å². The second-order valence-electron chi connectivity index (χ2n) is 2.65. The molecule has 0 spiro atoms. The standard InChI is InChI=1S/C9H9FN2O2/c1-6-7(10)3-2-4-8(6)12-9(13)5-11-14/h2-5,14H,1H3,(H,12,13)/b11-5-. The van der Waals surface area contributed by atoms with Crippen molar-refractivity contribution >= 4 is 17.8 Å². The van der Waals surface area contributed by atoms with Crippen LogP contribution in [0.25, 0.3) is 0 Å². The van der Waals surface area contributed by atoms with Crippen LogP contribution in [0, 0.1) is 12.7 Å². The molecule has 0 aromatic heterocycles. The van der Waals surface area contributed by atoms with Crippen LogP contribution in [0.3, 0.4) is 0 Å². The maximum atomic E-state index is 13.0. The topological polar surface area (TPSA) is 61.7 Å². The maximum Gasteiger partial charge on any atom is 0.270 e. The zero-order chi connectivity index (χ0) is 10.6. The number of amides is 1. The Morgan fingerprint density at radius 3 is 3.00 bits per heavy atom. The molecule has 0 saturated carbocycles. The Morgan fingerprint density at radius 1 is 1.64 bits per heavy atom. The van der Waals surface area contributed by atoms with Crippen molar-refractivity contribution in [2.75, 3.05) is 5.32 Å². The molecule has 0 bridgehead atoms. The minimum atomic E-state index is -0.610. The highest BCUT2D eigenvalue weighted by Crippen LogP contribution is 2.16. The summed E-state index contributed by atoms with van der Waals surface area (Å²) in [5, 5.41) is 13.0. The summed E-state index contributed by atoms with van der Waals surface area (Å²) in [4.78, 5) is 10.9. The van der Waals surface area contributed by atoms with E-state index in [2.05, 4.69) is 10.5 Å². The molecule has 14 heavy (non-hydrogen) atoms. The molecule has 0 unspecified atom stereocenters. The van der Waals surface area contributed by atoms with Gasteiger partial charge in [0.2, 0.25) is 0 Å². The van der Waals surface area contributed by atoms with Gasteiger partial charge in [-0.15, -0.1) is 0 Å². The van der Waals surface area contributed by atoms with Crippen LogP contribution in [-0.2, 0) is 4.79 Å². The predicted octanol–water partition coefficient (Wildman–Crippen LogP) is 1.53. The van der Waals surface area contributed by atoms with Crippen LogP contribution in [0.2, 0.25) is 0 Å². The van der Waals surface area contributed by atoms with E-state index in [-0.39, 0.29) is 0 Å². The molecule has 0 radical (unpaired) electrons. The van der Waals surface area contributed by atoms with Gasteiger partial charge in [-0.3, -0.25) is 4.79 Å². The molecule has 0 aliphatic heterocycles. The summed E-state index contributed by atoms with van der Waals surface area (Å²) < 4.78 is 13.0. The molecular formula is C9H9FN2O2. The molecule has 4 nitrogen and oxygen atoms in total. The largest absolute Gasteiger partial charge is 0.411 e. The third-order valence-electron chi connectivity index (χ3n) is 1.70. The number of hydrogen-bond donors (Lipinski definition) is 2. The lowest BCUT2D eigenvalue weighted by molar-refractivity contribution is -0.110. The smallest absolute Gasteiger partial charge is 0.270 e. The fraction of sp³-hybridized carbons (Fsp3) is 0.111. The summed E-state index contributed by atoms with van der Waals surface area (Å²) in [6.07, 6.45) is 0.699. The molecule has 0 saturated heterocycles. The first-order valence-electron chi connectivity index (χ1n) is 3.88. The first-order chi connectivity index (χ1) is 6.65. The van der Waals surface area contributed by atoms with E-state index >= 15 is 0 Å². The number of benzene rings is 1. The quantitative estimate of drug-likeness (QED) is 0.428. The molecule has 74 valence electrons. The van der Waals surface area contributed by atoms with Crippen molar-refractivity contribution in [1.29, 1.82) is 0 Å². The highest BCUT2D eigenvalue weighted by atomic mass is 19.1. The van der Waals surface area contributed by atoms with E-state index in [1.54, 1.807) is 13.0 Å². The number of hydrogen-bond acceptors (Lipinski definition) is 3. The second kappa shape index (κ2) is 4.36. The van der Waals surface area contributed by atoms with Crippen LogP contribution >= 0.6 is 0 Å². The molecule has 0 aliphatic carbocycles. The normalized spacial score (nSPS) is 10.4. The fourth-order valence-electron chi connectivity index (χ4n) is 0.960. The first-order valence-corrected chi connectivity index (χ1v) is 3.88. The zero-order valence-electron chi connectivity index (χ0n) is 7.49. The Balaban J connectivity index is 2.87. The van der Waals surface area contributed by atoms with E-state index in [0.717, 1.165) is 0 Å². The number of carbonyl (C=O) groups is 1. The van der Waals surface area contributed by atoms with Crippen molar-refractivity contribution in [3.63, 3.8) is 0 Å². The molecule has 0 fully saturated rings. The fourth-order valence-corrected chi connectivity index (χ4v) is 0.960. The summed E-state index contributed by atoms with van der Waals surface area (Å²) >= 11 is 0. The third kappa shape index (κ3) is 2.29. The highest BCUT2D eigenvalue weighted by molar-refractivity contribution is 6.31. The molecule has 1 rings (SSSR count). The Bertz CT molecular complexity index is 377. The van der Waals surface area contributed by atoms with Crippen LogP contribution in [0.5, 0.6) is 0 Å². The average Bonchev–Trinajstić information content (AvgIpc) is 2.13.